The third kappa shape index (κ3) is 7.11. The van der Waals surface area contributed by atoms with Crippen molar-refractivity contribution < 1.29 is 25.8 Å². The molecule has 0 amide bonds. The van der Waals surface area contributed by atoms with Gasteiger partial charge in [0.1, 0.15) is 5.82 Å². The summed E-state index contributed by atoms with van der Waals surface area (Å²) in [5.74, 6) is 1.97. The van der Waals surface area contributed by atoms with Gasteiger partial charge in [0, 0.05) is 88.3 Å². The number of pyridine rings is 1. The van der Waals surface area contributed by atoms with E-state index in [1.165, 1.54) is 32.7 Å². The summed E-state index contributed by atoms with van der Waals surface area (Å²) in [4.78, 5) is 9.75. The number of fused-ring (bicyclic) bond motifs is 10. The van der Waals surface area contributed by atoms with Crippen molar-refractivity contribution in [2.45, 2.75) is 6.92 Å². The molecule has 4 aromatic heterocycles. The van der Waals surface area contributed by atoms with Gasteiger partial charge in [0.25, 0.3) is 0 Å². The Kier molecular flexibility index (Phi) is 10.8. The fraction of sp³-hybridized carbons (Fsp3) is 0.0294. The number of aromatic nitrogens is 4. The van der Waals surface area contributed by atoms with E-state index in [0.717, 1.165) is 94.8 Å². The number of benzene rings is 10. The summed E-state index contributed by atoms with van der Waals surface area (Å²) in [6, 6.07) is 86.9. The second-order valence-corrected chi connectivity index (χ2v) is 19.4. The van der Waals surface area contributed by atoms with Crippen LogP contribution >= 0.6 is 0 Å². The van der Waals surface area contributed by atoms with Crippen molar-refractivity contribution in [1.82, 2.24) is 18.7 Å². The molecule has 14 aromatic rings. The Hall–Kier alpha value is -9.16. The van der Waals surface area contributed by atoms with Crippen LogP contribution in [-0.2, 0) is 21.1 Å². The average Bonchev–Trinajstić information content (AvgIpc) is 4.19. The second-order valence-electron chi connectivity index (χ2n) is 19.4. The first-order chi connectivity index (χ1) is 37.0. The molecule has 15 rings (SSSR count). The summed E-state index contributed by atoms with van der Waals surface area (Å²) in [6.07, 6.45) is 2.07. The first-order valence-corrected chi connectivity index (χ1v) is 25.3. The van der Waals surface area contributed by atoms with Gasteiger partial charge in [-0.1, -0.05) is 139 Å². The minimum absolute atomic E-state index is 0. The molecule has 8 heteroatoms. The number of hydrogen-bond donors (Lipinski definition) is 0. The molecule has 0 saturated carbocycles. The van der Waals surface area contributed by atoms with Crippen LogP contribution in [0.15, 0.2) is 231 Å². The van der Waals surface area contributed by atoms with Crippen molar-refractivity contribution in [1.29, 1.82) is 0 Å². The van der Waals surface area contributed by atoms with Crippen LogP contribution in [0.25, 0.3) is 105 Å². The maximum Gasteiger partial charge on any atom is 0.135 e. The van der Waals surface area contributed by atoms with E-state index < -0.39 is 0 Å². The minimum Gasteiger partial charge on any atom is -0.509 e. The van der Waals surface area contributed by atoms with E-state index >= 15 is 0 Å². The SMILES string of the molecule is Cc1cc(-n2c3[c-]c(Oc4[c-]c(N5[CH-]N(C)c6cc(-c7ccccc7)ccc65)ccc4)ccc3c3ccccc32)ncc1-c1c(-n2c3ccccc3c3ccccc32)cccc1-n1c2ccccc2c2ccccc21.[Pt]. The molecule has 366 valence electrons. The molecule has 0 N–H and O–H groups in total. The number of rotatable bonds is 8. The molecule has 0 bridgehead atoms. The summed E-state index contributed by atoms with van der Waals surface area (Å²) >= 11 is 0. The van der Waals surface area contributed by atoms with Gasteiger partial charge in [-0.25, -0.2) is 4.98 Å². The Bertz CT molecular complexity index is 4370. The summed E-state index contributed by atoms with van der Waals surface area (Å²) in [5, 5.41) is 7.02. The molecule has 7 nitrogen and oxygen atoms in total. The van der Waals surface area contributed by atoms with Crippen molar-refractivity contribution in [2.75, 3.05) is 16.8 Å². The van der Waals surface area contributed by atoms with Crippen LogP contribution < -0.4 is 14.5 Å². The zero-order chi connectivity index (χ0) is 49.7. The smallest absolute Gasteiger partial charge is 0.135 e. The van der Waals surface area contributed by atoms with E-state index in [2.05, 4.69) is 263 Å². The Morgan fingerprint density at radius 3 is 1.55 bits per heavy atom. The van der Waals surface area contributed by atoms with Gasteiger partial charge in [-0.2, -0.15) is 18.8 Å². The summed E-state index contributed by atoms with van der Waals surface area (Å²) in [5.41, 5.74) is 17.3. The molecule has 0 fully saturated rings. The van der Waals surface area contributed by atoms with Crippen molar-refractivity contribution >= 4 is 82.5 Å². The number of para-hydroxylation sites is 5. The van der Waals surface area contributed by atoms with Crippen molar-refractivity contribution in [3.05, 3.63) is 255 Å². The van der Waals surface area contributed by atoms with Crippen LogP contribution in [0.1, 0.15) is 5.56 Å². The van der Waals surface area contributed by atoms with Gasteiger partial charge in [0.2, 0.25) is 0 Å². The zero-order valence-corrected chi connectivity index (χ0v) is 43.7. The molecule has 0 saturated heterocycles. The Morgan fingerprint density at radius 1 is 0.434 bits per heavy atom. The maximum absolute atomic E-state index is 6.68. The first-order valence-electron chi connectivity index (χ1n) is 25.3. The van der Waals surface area contributed by atoms with Gasteiger partial charge in [-0.15, -0.1) is 41.4 Å². The molecule has 0 unspecified atom stereocenters. The largest absolute Gasteiger partial charge is 0.509 e. The molecular formula is C68H45N6OPt-3. The van der Waals surface area contributed by atoms with Crippen molar-refractivity contribution in [3.8, 4) is 50.9 Å². The molecule has 1 aliphatic rings. The maximum atomic E-state index is 6.68. The fourth-order valence-electron chi connectivity index (χ4n) is 11.7. The Morgan fingerprint density at radius 2 is 0.961 bits per heavy atom. The van der Waals surface area contributed by atoms with Gasteiger partial charge < -0.3 is 28.2 Å². The summed E-state index contributed by atoms with van der Waals surface area (Å²) in [6.45, 7) is 4.31. The minimum atomic E-state index is 0. The van der Waals surface area contributed by atoms with Gasteiger partial charge in [0.05, 0.1) is 33.4 Å². The molecule has 1 aliphatic heterocycles. The third-order valence-electron chi connectivity index (χ3n) is 15.1. The average molecular weight is 1160 g/mol. The summed E-state index contributed by atoms with van der Waals surface area (Å²) < 4.78 is 13.8. The first kappa shape index (κ1) is 45.5. The summed E-state index contributed by atoms with van der Waals surface area (Å²) in [7, 11) is 2.08. The van der Waals surface area contributed by atoms with Crippen LogP contribution in [0.5, 0.6) is 11.5 Å². The predicted octanol–water partition coefficient (Wildman–Crippen LogP) is 17.1. The van der Waals surface area contributed by atoms with E-state index in [9.17, 15) is 0 Å². The van der Waals surface area contributed by atoms with Crippen LogP contribution in [0.3, 0.4) is 0 Å². The van der Waals surface area contributed by atoms with Gasteiger partial charge in [-0.3, -0.25) is 0 Å². The Labute approximate surface area is 454 Å². The van der Waals surface area contributed by atoms with Crippen molar-refractivity contribution in [2.24, 2.45) is 0 Å². The monoisotopic (exact) mass is 1160 g/mol. The van der Waals surface area contributed by atoms with Crippen LogP contribution in [-0.4, -0.2) is 25.7 Å². The normalized spacial score (nSPS) is 12.4. The molecule has 76 heavy (non-hydrogen) atoms. The van der Waals surface area contributed by atoms with Crippen LogP contribution in [0.4, 0.5) is 17.1 Å². The topological polar surface area (TPSA) is 43.4 Å². The number of nitrogens with zero attached hydrogens (tertiary/aromatic N) is 6. The van der Waals surface area contributed by atoms with Gasteiger partial charge in [0.15, 0.2) is 0 Å². The molecule has 0 radical (unpaired) electrons. The van der Waals surface area contributed by atoms with E-state index in [4.69, 9.17) is 9.72 Å². The Balaban J connectivity index is 0.00000528. The standard InChI is InChI=1S/C68H45N6O.Pt/c1-44-38-67(69-42-56(44)68-63(72-57-27-11-6-22-50(57)51-23-7-12-28-58(51)72)32-17-33-64(68)73-59-29-13-8-24-52(59)53-25-9-14-30-60(53)73)74-61-31-15-10-26-54(61)55-36-35-49(41-65(55)74)75-48-21-16-20-47(40-48)71-43-70(2)66-39-46(34-37-62(66)71)45-18-4-3-5-19-45;/h3-39,42-43H,1-2H3;/q-3;. The molecule has 5 heterocycles. The number of ether oxygens (including phenoxy) is 1. The van der Waals surface area contributed by atoms with Gasteiger partial charge >= 0.3 is 0 Å². The third-order valence-corrected chi connectivity index (χ3v) is 15.1. The van der Waals surface area contributed by atoms with Gasteiger partial charge in [-0.05, 0) is 96.7 Å². The second kappa shape index (κ2) is 18.0. The van der Waals surface area contributed by atoms with E-state index in [-0.39, 0.29) is 21.1 Å². The van der Waals surface area contributed by atoms with E-state index in [1.807, 2.05) is 24.3 Å². The number of hydrogen-bond acceptors (Lipinski definition) is 4. The molecule has 0 spiro atoms. The van der Waals surface area contributed by atoms with Crippen LogP contribution in [0.2, 0.25) is 0 Å². The quantitative estimate of drug-likeness (QED) is 0.142. The van der Waals surface area contributed by atoms with E-state index in [0.29, 0.717) is 11.5 Å². The van der Waals surface area contributed by atoms with E-state index in [1.54, 1.807) is 0 Å². The molecule has 0 atom stereocenters. The predicted molar refractivity (Wildman–Crippen MR) is 308 cm³/mol. The van der Waals surface area contributed by atoms with Crippen LogP contribution in [0, 0.1) is 25.7 Å². The number of aryl methyl sites for hydroxylation is 1. The number of anilines is 3. The zero-order valence-electron chi connectivity index (χ0n) is 41.4. The molecule has 10 aromatic carbocycles. The molecular weight excluding hydrogens is 1110 g/mol. The molecule has 0 aliphatic carbocycles. The fourth-order valence-corrected chi connectivity index (χ4v) is 11.7. The van der Waals surface area contributed by atoms with Crippen molar-refractivity contribution in [3.63, 3.8) is 0 Å².